The van der Waals surface area contributed by atoms with Crippen LogP contribution in [0, 0.1) is 0 Å². The van der Waals surface area contributed by atoms with E-state index in [-0.39, 0.29) is 6.03 Å². The average Bonchev–Trinajstić information content (AvgIpc) is 3.16. The molecule has 0 aliphatic carbocycles. The number of nitrogens with one attached hydrogen (secondary N) is 1. The Morgan fingerprint density at radius 3 is 3.00 bits per heavy atom. The molecule has 0 aromatic carbocycles. The number of nitrogens with two attached hydrogens (primary N) is 1. The lowest BCUT2D eigenvalue weighted by Gasteiger charge is -2.31. The van der Waals surface area contributed by atoms with Gasteiger partial charge in [-0.1, -0.05) is 0 Å². The Kier molecular flexibility index (Phi) is 3.95. The van der Waals surface area contributed by atoms with Gasteiger partial charge in [-0.15, -0.1) is 0 Å². The Balaban J connectivity index is 0.000000134. The second kappa shape index (κ2) is 6.05. The number of piperidine rings is 1. The number of carbonyl (C=O) groups is 1. The van der Waals surface area contributed by atoms with E-state index in [1.807, 2.05) is 23.6 Å². The summed E-state index contributed by atoms with van der Waals surface area (Å²) in [5.74, 6) is 0. The predicted molar refractivity (Wildman–Crippen MR) is 84.4 cm³/mol. The Bertz CT molecular complexity index is 727. The first kappa shape index (κ1) is 14.4. The minimum absolute atomic E-state index is 0.271. The number of aromatic nitrogens is 4. The molecule has 0 spiro atoms. The van der Waals surface area contributed by atoms with Gasteiger partial charge in [0.05, 0.1) is 29.8 Å². The molecule has 0 saturated carbocycles. The summed E-state index contributed by atoms with van der Waals surface area (Å²) in [6.45, 7) is 2.89. The van der Waals surface area contributed by atoms with Gasteiger partial charge in [-0.05, 0) is 32.3 Å². The lowest BCUT2D eigenvalue weighted by molar-refractivity contribution is 0.167. The lowest BCUT2D eigenvalue weighted by Crippen LogP contribution is -2.44. The standard InChI is InChI=1S/C8H6N4.C7H14N2O/c1-2-10-8-7(1)12-5-9-3-6(12)4-11-8;1-6-4-2-3-5-9(6)7(8)10/h1-5,10H;6H,2-5H2,1H3,(H2,8,10). The quantitative estimate of drug-likeness (QED) is 0.666. The number of hydrogen-bond donors (Lipinski definition) is 2. The van der Waals surface area contributed by atoms with Crippen LogP contribution in [0.5, 0.6) is 0 Å². The highest BCUT2D eigenvalue weighted by Gasteiger charge is 2.20. The largest absolute Gasteiger partial charge is 0.351 e. The number of aromatic amines is 1. The predicted octanol–water partition coefficient (Wildman–Crippen LogP) is 2.15. The number of fused-ring (bicyclic) bond motifs is 3. The van der Waals surface area contributed by atoms with Crippen LogP contribution in [0.25, 0.3) is 16.7 Å². The van der Waals surface area contributed by atoms with Crippen molar-refractivity contribution in [3.05, 3.63) is 31.0 Å². The number of primary amides is 1. The summed E-state index contributed by atoms with van der Waals surface area (Å²) in [5.41, 5.74) is 8.11. The number of likely N-dealkylation sites (tertiary alicyclic amines) is 1. The van der Waals surface area contributed by atoms with Crippen molar-refractivity contribution in [3.63, 3.8) is 0 Å². The first-order chi connectivity index (χ1) is 10.7. The van der Waals surface area contributed by atoms with E-state index in [1.54, 1.807) is 23.6 Å². The third kappa shape index (κ3) is 2.74. The van der Waals surface area contributed by atoms with Crippen molar-refractivity contribution in [2.45, 2.75) is 32.2 Å². The Hall–Kier alpha value is -2.57. The fourth-order valence-corrected chi connectivity index (χ4v) is 2.81. The van der Waals surface area contributed by atoms with Crippen LogP contribution in [0.1, 0.15) is 26.2 Å². The molecule has 1 aliphatic rings. The van der Waals surface area contributed by atoms with E-state index in [4.69, 9.17) is 5.73 Å². The topological polar surface area (TPSA) is 92.3 Å². The molecule has 1 atom stereocenters. The van der Waals surface area contributed by atoms with Crippen LogP contribution < -0.4 is 5.73 Å². The maximum atomic E-state index is 10.7. The van der Waals surface area contributed by atoms with Gasteiger partial charge < -0.3 is 15.6 Å². The van der Waals surface area contributed by atoms with Crippen molar-refractivity contribution >= 4 is 22.7 Å². The first-order valence-electron chi connectivity index (χ1n) is 7.47. The van der Waals surface area contributed by atoms with E-state index in [0.717, 1.165) is 36.1 Å². The zero-order valence-electron chi connectivity index (χ0n) is 12.6. The zero-order chi connectivity index (χ0) is 15.5. The minimum atomic E-state index is -0.271. The van der Waals surface area contributed by atoms with Gasteiger partial charge in [0.2, 0.25) is 0 Å². The Labute approximate surface area is 128 Å². The van der Waals surface area contributed by atoms with Crippen molar-refractivity contribution in [3.8, 4) is 0 Å². The van der Waals surface area contributed by atoms with Gasteiger partial charge in [0.1, 0.15) is 0 Å². The summed E-state index contributed by atoms with van der Waals surface area (Å²) < 4.78 is 2.00. The molecule has 3 aromatic rings. The number of urea groups is 1. The number of hydrogen-bond acceptors (Lipinski definition) is 3. The van der Waals surface area contributed by atoms with Gasteiger partial charge in [0, 0.05) is 18.8 Å². The van der Waals surface area contributed by atoms with E-state index in [1.165, 1.54) is 6.42 Å². The van der Waals surface area contributed by atoms with Crippen LogP contribution in [0.4, 0.5) is 4.79 Å². The lowest BCUT2D eigenvalue weighted by atomic mass is 10.0. The van der Waals surface area contributed by atoms with E-state index in [2.05, 4.69) is 15.0 Å². The molecule has 7 heteroatoms. The molecule has 3 aromatic heterocycles. The maximum Gasteiger partial charge on any atom is 0.315 e. The fraction of sp³-hybridized carbons (Fsp3) is 0.400. The third-order valence-electron chi connectivity index (χ3n) is 4.04. The summed E-state index contributed by atoms with van der Waals surface area (Å²) in [6.07, 6.45) is 10.7. The van der Waals surface area contributed by atoms with Crippen molar-refractivity contribution < 1.29 is 4.79 Å². The number of amides is 2. The molecule has 22 heavy (non-hydrogen) atoms. The van der Waals surface area contributed by atoms with Crippen LogP contribution in [0.3, 0.4) is 0 Å². The number of nitrogens with zero attached hydrogens (tertiary/aromatic N) is 4. The van der Waals surface area contributed by atoms with E-state index < -0.39 is 0 Å². The SMILES string of the molecule is CC1CCCCN1C(N)=O.c1cc2c(ncc3cncn32)[nH]1. The third-order valence-corrected chi connectivity index (χ3v) is 4.04. The molecule has 116 valence electrons. The molecule has 1 fully saturated rings. The van der Waals surface area contributed by atoms with Crippen LogP contribution in [0.15, 0.2) is 31.0 Å². The van der Waals surface area contributed by atoms with Crippen molar-refractivity contribution in [2.75, 3.05) is 6.54 Å². The van der Waals surface area contributed by atoms with Gasteiger partial charge in [-0.2, -0.15) is 0 Å². The molecule has 1 aliphatic heterocycles. The highest BCUT2D eigenvalue weighted by atomic mass is 16.2. The van der Waals surface area contributed by atoms with Gasteiger partial charge in [-0.3, -0.25) is 4.40 Å². The molecule has 2 amide bonds. The highest BCUT2D eigenvalue weighted by molar-refractivity contribution is 5.74. The fourth-order valence-electron chi connectivity index (χ4n) is 2.81. The highest BCUT2D eigenvalue weighted by Crippen LogP contribution is 2.15. The molecule has 1 saturated heterocycles. The number of H-pyrrole nitrogens is 1. The molecule has 3 N–H and O–H groups in total. The van der Waals surface area contributed by atoms with Crippen LogP contribution in [-0.2, 0) is 0 Å². The average molecular weight is 300 g/mol. The van der Waals surface area contributed by atoms with Crippen molar-refractivity contribution in [1.82, 2.24) is 24.3 Å². The molecule has 1 unspecified atom stereocenters. The summed E-state index contributed by atoms with van der Waals surface area (Å²) in [4.78, 5) is 23.8. The van der Waals surface area contributed by atoms with Crippen LogP contribution in [0.2, 0.25) is 0 Å². The number of imidazole rings is 1. The monoisotopic (exact) mass is 300 g/mol. The summed E-state index contributed by atoms with van der Waals surface area (Å²) >= 11 is 0. The second-order valence-corrected chi connectivity index (χ2v) is 5.53. The van der Waals surface area contributed by atoms with Gasteiger partial charge in [-0.25, -0.2) is 14.8 Å². The molecule has 7 nitrogen and oxygen atoms in total. The molecule has 4 rings (SSSR count). The van der Waals surface area contributed by atoms with Gasteiger partial charge >= 0.3 is 6.03 Å². The normalized spacial score (nSPS) is 18.2. The maximum absolute atomic E-state index is 10.7. The van der Waals surface area contributed by atoms with Gasteiger partial charge in [0.25, 0.3) is 0 Å². The molecular weight excluding hydrogens is 280 g/mol. The smallest absolute Gasteiger partial charge is 0.315 e. The zero-order valence-corrected chi connectivity index (χ0v) is 12.6. The number of rotatable bonds is 0. The Morgan fingerprint density at radius 1 is 1.41 bits per heavy atom. The summed E-state index contributed by atoms with van der Waals surface area (Å²) in [6, 6.07) is 2.07. The van der Waals surface area contributed by atoms with Gasteiger partial charge in [0.15, 0.2) is 5.65 Å². The van der Waals surface area contributed by atoms with Crippen molar-refractivity contribution in [2.24, 2.45) is 5.73 Å². The molecule has 4 heterocycles. The van der Waals surface area contributed by atoms with Crippen LogP contribution in [-0.4, -0.2) is 42.9 Å². The number of carbonyl (C=O) groups excluding carboxylic acids is 1. The van der Waals surface area contributed by atoms with Crippen molar-refractivity contribution in [1.29, 1.82) is 0 Å². The summed E-state index contributed by atoms with van der Waals surface area (Å²) in [7, 11) is 0. The first-order valence-corrected chi connectivity index (χ1v) is 7.47. The Morgan fingerprint density at radius 2 is 2.27 bits per heavy atom. The minimum Gasteiger partial charge on any atom is -0.351 e. The molecule has 0 radical (unpaired) electrons. The second-order valence-electron chi connectivity index (χ2n) is 5.53. The summed E-state index contributed by atoms with van der Waals surface area (Å²) in [5, 5.41) is 0. The van der Waals surface area contributed by atoms with E-state index >= 15 is 0 Å². The van der Waals surface area contributed by atoms with Crippen LogP contribution >= 0.6 is 0 Å². The molecular formula is C15H20N6O. The van der Waals surface area contributed by atoms with E-state index in [9.17, 15) is 4.79 Å². The van der Waals surface area contributed by atoms with E-state index in [0.29, 0.717) is 6.04 Å². The molecule has 0 bridgehead atoms.